The number of rotatable bonds is 5. The van der Waals surface area contributed by atoms with E-state index in [2.05, 4.69) is 15.7 Å². The highest BCUT2D eigenvalue weighted by Crippen LogP contribution is 2.33. The fraction of sp³-hybridized carbons (Fsp3) is 0.150. The van der Waals surface area contributed by atoms with E-state index in [0.717, 1.165) is 6.20 Å². The maximum atomic E-state index is 14.1. The Morgan fingerprint density at radius 3 is 2.43 bits per heavy atom. The van der Waals surface area contributed by atoms with E-state index in [1.807, 2.05) is 0 Å². The molecule has 3 rings (SSSR count). The normalized spacial score (nSPS) is 10.4. The number of anilines is 2. The Kier molecular flexibility index (Phi) is 5.39. The van der Waals surface area contributed by atoms with Crippen molar-refractivity contribution < 1.29 is 18.7 Å². The number of benzene rings is 2. The second-order valence-corrected chi connectivity index (χ2v) is 6.10. The Bertz CT molecular complexity index is 1030. The third kappa shape index (κ3) is 4.01. The van der Waals surface area contributed by atoms with Crippen molar-refractivity contribution in [3.8, 4) is 17.0 Å². The van der Waals surface area contributed by atoms with Crippen LogP contribution in [0, 0.1) is 5.82 Å². The van der Waals surface area contributed by atoms with E-state index in [1.54, 1.807) is 49.5 Å². The molecule has 2 aromatic carbocycles. The smallest absolute Gasteiger partial charge is 0.323 e. The van der Waals surface area contributed by atoms with Gasteiger partial charge < -0.3 is 15.4 Å². The first-order valence-electron chi connectivity index (χ1n) is 8.44. The first-order valence-corrected chi connectivity index (χ1v) is 8.44. The van der Waals surface area contributed by atoms with Gasteiger partial charge in [0.25, 0.3) is 0 Å². The minimum absolute atomic E-state index is 0.0953. The number of carbonyl (C=O) groups is 2. The molecule has 8 heteroatoms. The van der Waals surface area contributed by atoms with E-state index in [1.165, 1.54) is 18.7 Å². The van der Waals surface area contributed by atoms with Crippen molar-refractivity contribution in [1.29, 1.82) is 0 Å². The molecule has 2 amide bonds. The van der Waals surface area contributed by atoms with Crippen molar-refractivity contribution in [1.82, 2.24) is 9.78 Å². The van der Waals surface area contributed by atoms with Crippen LogP contribution in [0.1, 0.15) is 17.3 Å². The van der Waals surface area contributed by atoms with Crippen LogP contribution in [-0.2, 0) is 7.05 Å². The van der Waals surface area contributed by atoms with Gasteiger partial charge >= 0.3 is 6.03 Å². The van der Waals surface area contributed by atoms with Gasteiger partial charge in [0.1, 0.15) is 11.4 Å². The molecule has 0 spiro atoms. The van der Waals surface area contributed by atoms with Crippen LogP contribution in [0.4, 0.5) is 20.6 Å². The molecule has 1 heterocycles. The Balaban J connectivity index is 1.83. The summed E-state index contributed by atoms with van der Waals surface area (Å²) in [6.07, 6.45) is 1.11. The van der Waals surface area contributed by atoms with Gasteiger partial charge in [0.05, 0.1) is 13.3 Å². The zero-order chi connectivity index (χ0) is 20.3. The number of amides is 2. The average molecular weight is 382 g/mol. The number of nitrogens with zero attached hydrogens (tertiary/aromatic N) is 2. The van der Waals surface area contributed by atoms with E-state index in [4.69, 9.17) is 4.74 Å². The first-order chi connectivity index (χ1) is 13.4. The second-order valence-electron chi connectivity index (χ2n) is 6.10. The largest absolute Gasteiger partial charge is 0.496 e. The van der Waals surface area contributed by atoms with Crippen LogP contribution in [0.2, 0.25) is 0 Å². The van der Waals surface area contributed by atoms with Gasteiger partial charge in [0.2, 0.25) is 0 Å². The molecule has 1 aromatic heterocycles. The highest BCUT2D eigenvalue weighted by Gasteiger charge is 2.17. The maximum absolute atomic E-state index is 14.1. The highest BCUT2D eigenvalue weighted by atomic mass is 19.1. The SMILES string of the molecule is COc1ccc(NC(=O)Nc2cccc(C(C)=O)c2)cc1-c1c(F)cnn1C. The molecule has 3 aromatic rings. The fourth-order valence-electron chi connectivity index (χ4n) is 2.79. The van der Waals surface area contributed by atoms with Crippen molar-refractivity contribution in [3.05, 3.63) is 60.0 Å². The minimum atomic E-state index is -0.498. The lowest BCUT2D eigenvalue weighted by atomic mass is 10.1. The van der Waals surface area contributed by atoms with Gasteiger partial charge in [-0.05, 0) is 37.3 Å². The molecule has 28 heavy (non-hydrogen) atoms. The van der Waals surface area contributed by atoms with Crippen LogP contribution < -0.4 is 15.4 Å². The summed E-state index contributed by atoms with van der Waals surface area (Å²) in [5.74, 6) is -0.145. The molecule has 0 radical (unpaired) electrons. The lowest BCUT2D eigenvalue weighted by Gasteiger charge is -2.13. The van der Waals surface area contributed by atoms with Crippen LogP contribution in [0.25, 0.3) is 11.3 Å². The number of hydrogen-bond donors (Lipinski definition) is 2. The number of methoxy groups -OCH3 is 1. The predicted molar refractivity (Wildman–Crippen MR) is 104 cm³/mol. The van der Waals surface area contributed by atoms with Gasteiger partial charge in [-0.1, -0.05) is 12.1 Å². The second kappa shape index (κ2) is 7.91. The maximum Gasteiger partial charge on any atom is 0.323 e. The van der Waals surface area contributed by atoms with Crippen molar-refractivity contribution in [2.24, 2.45) is 7.05 Å². The number of carbonyl (C=O) groups excluding carboxylic acids is 2. The van der Waals surface area contributed by atoms with Crippen LogP contribution in [0.5, 0.6) is 5.75 Å². The Morgan fingerprint density at radius 2 is 1.82 bits per heavy atom. The average Bonchev–Trinajstić information content (AvgIpc) is 3.00. The van der Waals surface area contributed by atoms with Crippen LogP contribution in [0.15, 0.2) is 48.7 Å². The molecule has 144 valence electrons. The third-order valence-corrected chi connectivity index (χ3v) is 4.13. The van der Waals surface area contributed by atoms with Crippen LogP contribution in [0.3, 0.4) is 0 Å². The van der Waals surface area contributed by atoms with E-state index in [-0.39, 0.29) is 11.5 Å². The number of halogens is 1. The molecule has 0 atom stereocenters. The van der Waals surface area contributed by atoms with Crippen LogP contribution in [-0.4, -0.2) is 28.7 Å². The van der Waals surface area contributed by atoms with Crippen molar-refractivity contribution in [3.63, 3.8) is 0 Å². The molecule has 0 aliphatic heterocycles. The quantitative estimate of drug-likeness (QED) is 0.651. The molecule has 7 nitrogen and oxygen atoms in total. The number of ketones is 1. The number of Topliss-reactive ketones (excluding diaryl/α,β-unsaturated/α-hetero) is 1. The molecule has 0 aliphatic carbocycles. The molecule has 2 N–H and O–H groups in total. The molecule has 0 fully saturated rings. The number of urea groups is 1. The molecule has 0 aliphatic rings. The molecular formula is C20H19FN4O3. The van der Waals surface area contributed by atoms with Gasteiger partial charge in [-0.25, -0.2) is 9.18 Å². The topological polar surface area (TPSA) is 85.2 Å². The van der Waals surface area contributed by atoms with Crippen molar-refractivity contribution >= 4 is 23.2 Å². The monoisotopic (exact) mass is 382 g/mol. The van der Waals surface area contributed by atoms with E-state index in [9.17, 15) is 14.0 Å². The number of aromatic nitrogens is 2. The summed E-state index contributed by atoms with van der Waals surface area (Å²) in [6, 6.07) is 11.0. The zero-order valence-electron chi connectivity index (χ0n) is 15.6. The van der Waals surface area contributed by atoms with Crippen molar-refractivity contribution in [2.75, 3.05) is 17.7 Å². The number of aryl methyl sites for hydroxylation is 1. The fourth-order valence-corrected chi connectivity index (χ4v) is 2.79. The standard InChI is InChI=1S/C20H19FN4O3/c1-12(26)13-5-4-6-14(9-13)23-20(27)24-15-7-8-18(28-3)16(10-15)19-17(21)11-22-25(19)2/h4-11H,1-3H3,(H2,23,24,27). The first kappa shape index (κ1) is 19.1. The summed E-state index contributed by atoms with van der Waals surface area (Å²) in [6.45, 7) is 1.45. The van der Waals surface area contributed by atoms with E-state index in [0.29, 0.717) is 28.3 Å². The molecule has 0 saturated carbocycles. The summed E-state index contributed by atoms with van der Waals surface area (Å²) in [7, 11) is 3.10. The number of hydrogen-bond acceptors (Lipinski definition) is 4. The number of nitrogens with one attached hydrogen (secondary N) is 2. The molecular weight excluding hydrogens is 363 g/mol. The summed E-state index contributed by atoms with van der Waals surface area (Å²) in [5, 5.41) is 9.25. The van der Waals surface area contributed by atoms with Gasteiger partial charge in [0.15, 0.2) is 11.6 Å². The van der Waals surface area contributed by atoms with Gasteiger partial charge in [0, 0.05) is 29.5 Å². The molecule has 0 saturated heterocycles. The third-order valence-electron chi connectivity index (χ3n) is 4.13. The van der Waals surface area contributed by atoms with Gasteiger partial charge in [-0.3, -0.25) is 9.48 Å². The summed E-state index contributed by atoms with van der Waals surface area (Å²) < 4.78 is 20.8. The van der Waals surface area contributed by atoms with Gasteiger partial charge in [-0.15, -0.1) is 0 Å². The van der Waals surface area contributed by atoms with Gasteiger partial charge in [-0.2, -0.15) is 5.10 Å². The minimum Gasteiger partial charge on any atom is -0.496 e. The molecule has 0 bridgehead atoms. The Morgan fingerprint density at radius 1 is 1.11 bits per heavy atom. The Hall–Kier alpha value is -3.68. The van der Waals surface area contributed by atoms with Crippen molar-refractivity contribution in [2.45, 2.75) is 6.92 Å². The summed E-state index contributed by atoms with van der Waals surface area (Å²) in [4.78, 5) is 23.8. The highest BCUT2D eigenvalue weighted by molar-refractivity contribution is 6.01. The summed E-state index contributed by atoms with van der Waals surface area (Å²) >= 11 is 0. The van der Waals surface area contributed by atoms with E-state index >= 15 is 0 Å². The molecule has 0 unspecified atom stereocenters. The predicted octanol–water partition coefficient (Wildman–Crippen LogP) is 4.08. The zero-order valence-corrected chi connectivity index (χ0v) is 15.6. The van der Waals surface area contributed by atoms with E-state index < -0.39 is 11.8 Å². The van der Waals surface area contributed by atoms with Crippen LogP contribution >= 0.6 is 0 Å². The Labute approximate surface area is 161 Å². The number of ether oxygens (including phenoxy) is 1. The lowest BCUT2D eigenvalue weighted by Crippen LogP contribution is -2.19. The summed E-state index contributed by atoms with van der Waals surface area (Å²) in [5.41, 5.74) is 2.12. The lowest BCUT2D eigenvalue weighted by molar-refractivity contribution is 0.101.